The molecule has 2 aromatic rings. The van der Waals surface area contributed by atoms with Gasteiger partial charge in [-0.05, 0) is 24.0 Å². The van der Waals surface area contributed by atoms with E-state index >= 15 is 0 Å². The van der Waals surface area contributed by atoms with Crippen LogP contribution in [-0.4, -0.2) is 29.0 Å². The maximum atomic E-state index is 6.21. The average molecular weight is 368 g/mol. The van der Waals surface area contributed by atoms with Crippen LogP contribution in [0.15, 0.2) is 35.7 Å². The van der Waals surface area contributed by atoms with E-state index in [1.54, 1.807) is 11.3 Å². The van der Waals surface area contributed by atoms with Gasteiger partial charge in [0.2, 0.25) is 0 Å². The van der Waals surface area contributed by atoms with Gasteiger partial charge in [0, 0.05) is 31.1 Å². The van der Waals surface area contributed by atoms with E-state index in [9.17, 15) is 0 Å². The molecular weight excluding hydrogens is 342 g/mol. The predicted molar refractivity (Wildman–Crippen MR) is 102 cm³/mol. The number of likely N-dealkylation sites (tertiary alicyclic amines) is 1. The molecule has 1 aromatic heterocycles. The summed E-state index contributed by atoms with van der Waals surface area (Å²) < 4.78 is 5.76. The first-order valence-corrected chi connectivity index (χ1v) is 9.00. The molecule has 4 nitrogen and oxygen atoms in total. The number of halogens is 1. The minimum atomic E-state index is 0. The predicted octanol–water partition coefficient (Wildman–Crippen LogP) is 3.70. The number of ether oxygens (including phenoxy) is 1. The molecule has 1 aromatic carbocycles. The largest absolute Gasteiger partial charge is 0.486 e. The van der Waals surface area contributed by atoms with Gasteiger partial charge in [-0.15, -0.1) is 23.7 Å². The monoisotopic (exact) mass is 367 g/mol. The lowest BCUT2D eigenvalue weighted by Crippen LogP contribution is -2.52. The molecule has 0 radical (unpaired) electrons. The fraction of sp³-hybridized carbons (Fsp3) is 0.500. The van der Waals surface area contributed by atoms with Gasteiger partial charge in [-0.3, -0.25) is 4.90 Å². The number of nitrogens with zero attached hydrogens (tertiary/aromatic N) is 2. The van der Waals surface area contributed by atoms with Crippen molar-refractivity contribution >= 4 is 23.7 Å². The third-order valence-corrected chi connectivity index (χ3v) is 5.35. The summed E-state index contributed by atoms with van der Waals surface area (Å²) in [6.45, 7) is 8.02. The van der Waals surface area contributed by atoms with Crippen LogP contribution in [0.1, 0.15) is 31.0 Å². The van der Waals surface area contributed by atoms with Crippen molar-refractivity contribution in [1.29, 1.82) is 0 Å². The summed E-state index contributed by atoms with van der Waals surface area (Å²) in [7, 11) is 0. The Labute approximate surface area is 154 Å². The van der Waals surface area contributed by atoms with Gasteiger partial charge in [0.1, 0.15) is 17.4 Å². The summed E-state index contributed by atoms with van der Waals surface area (Å²) in [5.41, 5.74) is 7.52. The number of hydrogen-bond donors (Lipinski definition) is 1. The standard InChI is InChI=1S/C18H25N3OS.ClH/c1-18(2)13-21(9-8-16(18)19)10-14-12-23-17(20-14)11-22-15-6-4-3-5-7-15;/h3-7,12,16H,8-11,13,19H2,1-2H3;1H. The summed E-state index contributed by atoms with van der Waals surface area (Å²) in [6.07, 6.45) is 1.06. The van der Waals surface area contributed by atoms with Crippen LogP contribution >= 0.6 is 23.7 Å². The van der Waals surface area contributed by atoms with Crippen molar-refractivity contribution in [2.24, 2.45) is 11.1 Å². The SMILES string of the molecule is CC1(C)CN(Cc2csc(COc3ccccc3)n2)CCC1N.Cl. The molecule has 132 valence electrons. The highest BCUT2D eigenvalue weighted by Gasteiger charge is 2.33. The lowest BCUT2D eigenvalue weighted by atomic mass is 9.80. The van der Waals surface area contributed by atoms with Crippen molar-refractivity contribution in [1.82, 2.24) is 9.88 Å². The van der Waals surface area contributed by atoms with Crippen LogP contribution < -0.4 is 10.5 Å². The van der Waals surface area contributed by atoms with Crippen LogP contribution in [0.3, 0.4) is 0 Å². The van der Waals surface area contributed by atoms with Crippen LogP contribution in [0.4, 0.5) is 0 Å². The third kappa shape index (κ3) is 4.93. The maximum absolute atomic E-state index is 6.21. The Balaban J connectivity index is 0.00000208. The minimum Gasteiger partial charge on any atom is -0.486 e. The van der Waals surface area contributed by atoms with Crippen LogP contribution in [0, 0.1) is 5.41 Å². The van der Waals surface area contributed by atoms with Gasteiger partial charge in [-0.2, -0.15) is 0 Å². The zero-order chi connectivity index (χ0) is 16.3. The van der Waals surface area contributed by atoms with Crippen LogP contribution in [0.2, 0.25) is 0 Å². The van der Waals surface area contributed by atoms with E-state index in [0.717, 1.165) is 42.5 Å². The Morgan fingerprint density at radius 3 is 2.79 bits per heavy atom. The molecule has 1 aliphatic heterocycles. The lowest BCUT2D eigenvalue weighted by Gasteiger charge is -2.42. The number of aromatic nitrogens is 1. The quantitative estimate of drug-likeness (QED) is 0.875. The molecule has 1 fully saturated rings. The first kappa shape index (κ1) is 19.2. The second kappa shape index (κ2) is 8.30. The molecule has 1 aliphatic rings. The molecule has 6 heteroatoms. The Morgan fingerprint density at radius 1 is 1.33 bits per heavy atom. The van der Waals surface area contributed by atoms with E-state index in [0.29, 0.717) is 12.6 Å². The number of para-hydroxylation sites is 1. The molecule has 0 amide bonds. The van der Waals surface area contributed by atoms with Crippen molar-refractivity contribution in [3.05, 3.63) is 46.4 Å². The second-order valence-corrected chi connectivity index (χ2v) is 7.87. The van der Waals surface area contributed by atoms with Gasteiger partial charge in [0.15, 0.2) is 0 Å². The number of nitrogens with two attached hydrogens (primary N) is 1. The highest BCUT2D eigenvalue weighted by Crippen LogP contribution is 2.28. The van der Waals surface area contributed by atoms with Crippen LogP contribution in [0.25, 0.3) is 0 Å². The van der Waals surface area contributed by atoms with Gasteiger partial charge >= 0.3 is 0 Å². The van der Waals surface area contributed by atoms with Crippen LogP contribution in [-0.2, 0) is 13.2 Å². The third-order valence-electron chi connectivity index (χ3n) is 4.48. The maximum Gasteiger partial charge on any atom is 0.140 e. The van der Waals surface area contributed by atoms with Gasteiger partial charge in [0.05, 0.1) is 5.69 Å². The average Bonchev–Trinajstić information content (AvgIpc) is 2.97. The second-order valence-electron chi connectivity index (χ2n) is 6.93. The Morgan fingerprint density at radius 2 is 2.08 bits per heavy atom. The molecule has 2 heterocycles. The summed E-state index contributed by atoms with van der Waals surface area (Å²) >= 11 is 1.67. The lowest BCUT2D eigenvalue weighted by molar-refractivity contribution is 0.0890. The molecular formula is C18H26ClN3OS. The summed E-state index contributed by atoms with van der Waals surface area (Å²) in [5.74, 6) is 0.885. The van der Waals surface area contributed by atoms with Crippen molar-refractivity contribution < 1.29 is 4.74 Å². The fourth-order valence-electron chi connectivity index (χ4n) is 3.00. The molecule has 0 saturated carbocycles. The Bertz CT molecular complexity index is 632. The summed E-state index contributed by atoms with van der Waals surface area (Å²) in [5, 5.41) is 3.17. The highest BCUT2D eigenvalue weighted by atomic mass is 35.5. The van der Waals surface area contributed by atoms with Crippen molar-refractivity contribution in [2.75, 3.05) is 13.1 Å². The fourth-order valence-corrected chi connectivity index (χ4v) is 3.69. The number of benzene rings is 1. The molecule has 0 spiro atoms. The van der Waals surface area contributed by atoms with Gasteiger partial charge in [0.25, 0.3) is 0 Å². The van der Waals surface area contributed by atoms with Crippen molar-refractivity contribution in [3.63, 3.8) is 0 Å². The molecule has 2 N–H and O–H groups in total. The number of rotatable bonds is 5. The topological polar surface area (TPSA) is 51.4 Å². The zero-order valence-corrected chi connectivity index (χ0v) is 15.9. The molecule has 0 bridgehead atoms. The van der Waals surface area contributed by atoms with Gasteiger partial charge < -0.3 is 10.5 Å². The molecule has 0 aliphatic carbocycles. The van der Waals surface area contributed by atoms with Gasteiger partial charge in [-0.25, -0.2) is 4.98 Å². The van der Waals surface area contributed by atoms with E-state index < -0.39 is 0 Å². The first-order chi connectivity index (χ1) is 11.0. The molecule has 3 rings (SSSR count). The molecule has 24 heavy (non-hydrogen) atoms. The van der Waals surface area contributed by atoms with E-state index in [1.807, 2.05) is 30.3 Å². The van der Waals surface area contributed by atoms with E-state index in [4.69, 9.17) is 15.5 Å². The molecule has 1 saturated heterocycles. The smallest absolute Gasteiger partial charge is 0.140 e. The van der Waals surface area contributed by atoms with Crippen molar-refractivity contribution in [3.8, 4) is 5.75 Å². The Hall–Kier alpha value is -1.14. The highest BCUT2D eigenvalue weighted by molar-refractivity contribution is 7.09. The molecule has 1 unspecified atom stereocenters. The van der Waals surface area contributed by atoms with Crippen molar-refractivity contribution in [2.45, 2.75) is 39.5 Å². The summed E-state index contributed by atoms with van der Waals surface area (Å²) in [4.78, 5) is 7.17. The minimum absolute atomic E-state index is 0. The Kier molecular flexibility index (Phi) is 6.63. The van der Waals surface area contributed by atoms with E-state index in [1.165, 1.54) is 0 Å². The number of hydrogen-bond acceptors (Lipinski definition) is 5. The molecule has 1 atom stereocenters. The van der Waals surface area contributed by atoms with Gasteiger partial charge in [-0.1, -0.05) is 32.0 Å². The van der Waals surface area contributed by atoms with E-state index in [-0.39, 0.29) is 17.8 Å². The van der Waals surface area contributed by atoms with Crippen LogP contribution in [0.5, 0.6) is 5.75 Å². The normalized spacial score (nSPS) is 20.4. The zero-order valence-electron chi connectivity index (χ0n) is 14.3. The first-order valence-electron chi connectivity index (χ1n) is 8.12. The summed E-state index contributed by atoms with van der Waals surface area (Å²) in [6, 6.07) is 10.2. The number of piperidine rings is 1. The van der Waals surface area contributed by atoms with E-state index in [2.05, 4.69) is 24.1 Å². The number of thiazole rings is 1.